The second-order valence-corrected chi connectivity index (χ2v) is 8.53. The van der Waals surface area contributed by atoms with Gasteiger partial charge in [-0.15, -0.1) is 0 Å². The predicted octanol–water partition coefficient (Wildman–Crippen LogP) is 4.45. The normalized spacial score (nSPS) is 13.3. The van der Waals surface area contributed by atoms with Crippen LogP contribution in [0.2, 0.25) is 5.02 Å². The van der Waals surface area contributed by atoms with Gasteiger partial charge in [0.15, 0.2) is 0 Å². The van der Waals surface area contributed by atoms with E-state index in [0.29, 0.717) is 58.2 Å². The highest BCUT2D eigenvalue weighted by molar-refractivity contribution is 6.34. The summed E-state index contributed by atoms with van der Waals surface area (Å²) in [6.45, 7) is 6.35. The Morgan fingerprint density at radius 2 is 2.00 bits per heavy atom. The summed E-state index contributed by atoms with van der Waals surface area (Å²) in [7, 11) is 1.57. The molecule has 11 heteroatoms. The molecule has 4 aromatic rings. The number of amides is 1. The molecule has 1 saturated heterocycles. The number of nitrogens with zero attached hydrogens (tertiary/aromatic N) is 5. The van der Waals surface area contributed by atoms with Crippen molar-refractivity contribution in [2.45, 2.75) is 0 Å². The van der Waals surface area contributed by atoms with E-state index in [2.05, 4.69) is 37.1 Å². The van der Waals surface area contributed by atoms with Gasteiger partial charge in [-0.25, -0.2) is 9.97 Å². The van der Waals surface area contributed by atoms with Gasteiger partial charge in [0, 0.05) is 42.1 Å². The van der Waals surface area contributed by atoms with Crippen molar-refractivity contribution >= 4 is 51.6 Å². The molecular formula is C26H24ClN7O3. The number of carbonyl (C=O) groups is 1. The van der Waals surface area contributed by atoms with Crippen LogP contribution in [0.15, 0.2) is 61.4 Å². The maximum Gasteiger partial charge on any atom is 0.247 e. The number of methoxy groups -OCH3 is 1. The van der Waals surface area contributed by atoms with Gasteiger partial charge in [0.1, 0.15) is 11.5 Å². The van der Waals surface area contributed by atoms with Gasteiger partial charge < -0.3 is 25.0 Å². The number of nitrogens with one attached hydrogen (secondary N) is 2. The van der Waals surface area contributed by atoms with Gasteiger partial charge in [-0.2, -0.15) is 4.98 Å². The minimum atomic E-state index is -0.322. The molecule has 0 saturated carbocycles. The first-order chi connectivity index (χ1) is 18.1. The minimum Gasteiger partial charge on any atom is -0.479 e. The summed E-state index contributed by atoms with van der Waals surface area (Å²) in [6.07, 6.45) is 4.50. The summed E-state index contributed by atoms with van der Waals surface area (Å²) in [4.78, 5) is 32.2. The number of aromatic nitrogens is 4. The number of hydrogen-bond acceptors (Lipinski definition) is 9. The van der Waals surface area contributed by atoms with Crippen LogP contribution in [0.5, 0.6) is 5.88 Å². The second-order valence-electron chi connectivity index (χ2n) is 8.13. The molecule has 1 aliphatic heterocycles. The monoisotopic (exact) mass is 517 g/mol. The Kier molecular flexibility index (Phi) is 7.11. The fraction of sp³-hybridized carbons (Fsp3) is 0.192. The average Bonchev–Trinajstić information content (AvgIpc) is 2.93. The van der Waals surface area contributed by atoms with E-state index in [1.54, 1.807) is 37.7 Å². The molecule has 0 radical (unpaired) electrons. The van der Waals surface area contributed by atoms with Crippen molar-refractivity contribution in [3.63, 3.8) is 0 Å². The maximum atomic E-state index is 11.8. The first-order valence-corrected chi connectivity index (χ1v) is 11.9. The zero-order valence-corrected chi connectivity index (χ0v) is 20.8. The van der Waals surface area contributed by atoms with E-state index in [0.717, 1.165) is 24.3 Å². The number of fused-ring (bicyclic) bond motifs is 1. The third kappa shape index (κ3) is 5.30. The summed E-state index contributed by atoms with van der Waals surface area (Å²) in [5, 5.41) is 7.18. The van der Waals surface area contributed by atoms with Gasteiger partial charge in [-0.3, -0.25) is 9.78 Å². The second kappa shape index (κ2) is 10.8. The van der Waals surface area contributed by atoms with Crippen LogP contribution in [0.1, 0.15) is 0 Å². The van der Waals surface area contributed by atoms with Crippen LogP contribution in [0.4, 0.5) is 23.1 Å². The van der Waals surface area contributed by atoms with E-state index in [1.165, 1.54) is 6.08 Å². The molecule has 1 amide bonds. The van der Waals surface area contributed by atoms with E-state index >= 15 is 0 Å². The van der Waals surface area contributed by atoms with Gasteiger partial charge in [0.2, 0.25) is 17.7 Å². The topological polar surface area (TPSA) is 114 Å². The number of ether oxygens (including phenoxy) is 2. The number of pyridine rings is 2. The third-order valence-electron chi connectivity index (χ3n) is 5.79. The van der Waals surface area contributed by atoms with E-state index in [-0.39, 0.29) is 5.91 Å². The van der Waals surface area contributed by atoms with Gasteiger partial charge in [0.05, 0.1) is 36.6 Å². The van der Waals surface area contributed by atoms with Crippen molar-refractivity contribution in [1.82, 2.24) is 19.9 Å². The Bertz CT molecular complexity index is 1470. The molecule has 2 N–H and O–H groups in total. The summed E-state index contributed by atoms with van der Waals surface area (Å²) < 4.78 is 11.0. The van der Waals surface area contributed by atoms with Crippen LogP contribution in [-0.2, 0) is 9.53 Å². The molecule has 37 heavy (non-hydrogen) atoms. The molecule has 188 valence electrons. The predicted molar refractivity (Wildman–Crippen MR) is 144 cm³/mol. The number of morpholine rings is 1. The lowest BCUT2D eigenvalue weighted by molar-refractivity contribution is -0.111. The molecule has 5 rings (SSSR count). The smallest absolute Gasteiger partial charge is 0.247 e. The van der Waals surface area contributed by atoms with Crippen molar-refractivity contribution < 1.29 is 14.3 Å². The van der Waals surface area contributed by atoms with Crippen molar-refractivity contribution in [3.8, 4) is 17.1 Å². The van der Waals surface area contributed by atoms with E-state index in [4.69, 9.17) is 26.1 Å². The molecule has 0 atom stereocenters. The number of anilines is 4. The molecule has 0 bridgehead atoms. The van der Waals surface area contributed by atoms with Crippen molar-refractivity contribution in [3.05, 3.63) is 66.5 Å². The molecule has 1 fully saturated rings. The van der Waals surface area contributed by atoms with Crippen LogP contribution in [-0.4, -0.2) is 59.3 Å². The largest absolute Gasteiger partial charge is 0.479 e. The Morgan fingerprint density at radius 1 is 1.16 bits per heavy atom. The number of rotatable bonds is 7. The van der Waals surface area contributed by atoms with Crippen molar-refractivity contribution in [1.29, 1.82) is 0 Å². The van der Waals surface area contributed by atoms with Crippen LogP contribution in [0.3, 0.4) is 0 Å². The lowest BCUT2D eigenvalue weighted by Crippen LogP contribution is -2.36. The molecule has 0 unspecified atom stereocenters. The Labute approximate surface area is 218 Å². The van der Waals surface area contributed by atoms with E-state index in [9.17, 15) is 4.79 Å². The van der Waals surface area contributed by atoms with Gasteiger partial charge in [0.25, 0.3) is 0 Å². The standard InChI is InChI=1S/C26H24ClN7O3/c1-3-22(35)30-17-8-9-28-20(14-17)23-18(27)5-4-16-15-29-26(33-24(16)23)31-19-6-7-21(32-25(19)36-2)34-10-12-37-13-11-34/h3-9,14-15H,1,10-13H2,2H3,(H,28,30,35)(H,29,31,33). The van der Waals surface area contributed by atoms with Crippen molar-refractivity contribution in [2.24, 2.45) is 0 Å². The van der Waals surface area contributed by atoms with E-state index in [1.807, 2.05) is 18.2 Å². The fourth-order valence-electron chi connectivity index (χ4n) is 3.99. The maximum absolute atomic E-state index is 11.8. The summed E-state index contributed by atoms with van der Waals surface area (Å²) in [5.41, 5.74) is 2.95. The zero-order valence-electron chi connectivity index (χ0n) is 20.1. The summed E-state index contributed by atoms with van der Waals surface area (Å²) in [6, 6.07) is 10.8. The van der Waals surface area contributed by atoms with Crippen LogP contribution >= 0.6 is 11.6 Å². The summed E-state index contributed by atoms with van der Waals surface area (Å²) in [5.74, 6) is 1.25. The average molecular weight is 518 g/mol. The molecule has 0 spiro atoms. The quantitative estimate of drug-likeness (QED) is 0.343. The Hall–Kier alpha value is -4.28. The number of hydrogen-bond donors (Lipinski definition) is 2. The zero-order chi connectivity index (χ0) is 25.8. The van der Waals surface area contributed by atoms with Crippen LogP contribution in [0.25, 0.3) is 22.2 Å². The SMILES string of the molecule is C=CC(=O)Nc1ccnc(-c2c(Cl)ccc3cnc(Nc4ccc(N5CCOCC5)nc4OC)nc23)c1. The molecule has 1 aliphatic rings. The minimum absolute atomic E-state index is 0.322. The molecule has 10 nitrogen and oxygen atoms in total. The Morgan fingerprint density at radius 3 is 2.78 bits per heavy atom. The van der Waals surface area contributed by atoms with Crippen molar-refractivity contribution in [2.75, 3.05) is 48.9 Å². The summed E-state index contributed by atoms with van der Waals surface area (Å²) >= 11 is 6.61. The lowest BCUT2D eigenvalue weighted by Gasteiger charge is -2.28. The number of carbonyl (C=O) groups excluding carboxylic acids is 1. The number of halogens is 1. The molecule has 0 aliphatic carbocycles. The molecule has 3 aromatic heterocycles. The van der Waals surface area contributed by atoms with Gasteiger partial charge in [-0.1, -0.05) is 18.2 Å². The Balaban J connectivity index is 1.49. The first-order valence-electron chi connectivity index (χ1n) is 11.6. The van der Waals surface area contributed by atoms with Crippen LogP contribution in [0, 0.1) is 0 Å². The van der Waals surface area contributed by atoms with Gasteiger partial charge in [-0.05, 0) is 42.5 Å². The highest BCUT2D eigenvalue weighted by Gasteiger charge is 2.17. The highest BCUT2D eigenvalue weighted by atomic mass is 35.5. The fourth-order valence-corrected chi connectivity index (χ4v) is 4.23. The molecular weight excluding hydrogens is 494 g/mol. The van der Waals surface area contributed by atoms with E-state index < -0.39 is 0 Å². The number of benzene rings is 1. The van der Waals surface area contributed by atoms with Crippen LogP contribution < -0.4 is 20.3 Å². The highest BCUT2D eigenvalue weighted by Crippen LogP contribution is 2.35. The first kappa shape index (κ1) is 24.4. The third-order valence-corrected chi connectivity index (χ3v) is 6.11. The molecule has 4 heterocycles. The lowest BCUT2D eigenvalue weighted by atomic mass is 10.1. The van der Waals surface area contributed by atoms with Gasteiger partial charge >= 0.3 is 0 Å². The molecule has 1 aromatic carbocycles.